The average molecular weight is 915 g/mol. The van der Waals surface area contributed by atoms with Crippen molar-refractivity contribution in [3.05, 3.63) is 112 Å². The van der Waals surface area contributed by atoms with Crippen molar-refractivity contribution in [3.8, 4) is 11.5 Å². The van der Waals surface area contributed by atoms with Crippen LogP contribution in [0.5, 0.6) is 11.5 Å². The van der Waals surface area contributed by atoms with Crippen LogP contribution >= 0.6 is 0 Å². The van der Waals surface area contributed by atoms with E-state index in [0.717, 1.165) is 82.3 Å². The number of aromatic nitrogens is 2. The van der Waals surface area contributed by atoms with Crippen LogP contribution in [0.15, 0.2) is 90.1 Å². The van der Waals surface area contributed by atoms with Gasteiger partial charge >= 0.3 is 0 Å². The lowest BCUT2D eigenvalue weighted by Crippen LogP contribution is -2.59. The first-order valence-electron chi connectivity index (χ1n) is 23.6. The number of aromatic amines is 1. The Hall–Kier alpha value is -5.55. The summed E-state index contributed by atoms with van der Waals surface area (Å²) in [6, 6.07) is 23.3. The van der Waals surface area contributed by atoms with Gasteiger partial charge in [0.2, 0.25) is 0 Å². The van der Waals surface area contributed by atoms with Crippen molar-refractivity contribution in [3.63, 3.8) is 0 Å². The molecule has 5 aromatic rings. The summed E-state index contributed by atoms with van der Waals surface area (Å²) in [6.45, 7) is 12.1. The highest BCUT2D eigenvalue weighted by molar-refractivity contribution is 7.90. The summed E-state index contributed by atoms with van der Waals surface area (Å²) < 4.78 is 41.7. The zero-order valence-corrected chi connectivity index (χ0v) is 38.5. The number of sulfonamides is 1. The van der Waals surface area contributed by atoms with Gasteiger partial charge in [0.25, 0.3) is 21.6 Å². The molecule has 1 atom stereocenters. The van der Waals surface area contributed by atoms with E-state index in [1.807, 2.05) is 17.0 Å². The fourth-order valence-electron chi connectivity index (χ4n) is 12.0. The first-order chi connectivity index (χ1) is 31.8. The molecule has 3 aromatic carbocycles. The number of benzene rings is 3. The van der Waals surface area contributed by atoms with Gasteiger partial charge in [-0.2, -0.15) is 0 Å². The van der Waals surface area contributed by atoms with Crippen molar-refractivity contribution >= 4 is 44.0 Å². The van der Waals surface area contributed by atoms with Crippen molar-refractivity contribution in [2.24, 2.45) is 10.8 Å². The fourth-order valence-corrected chi connectivity index (χ4v) is 13.0. The minimum Gasteiger partial charge on any atom is -0.455 e. The van der Waals surface area contributed by atoms with E-state index in [-0.39, 0.29) is 27.3 Å². The number of carbonyl (C=O) groups excluding carboxylic acids is 1. The number of fused-ring (bicyclic) bond motifs is 1. The van der Waals surface area contributed by atoms with Crippen LogP contribution in [-0.2, 0) is 14.8 Å². The lowest BCUT2D eigenvalue weighted by atomic mass is 9.59. The number of nitrogens with zero attached hydrogens (tertiary/aromatic N) is 6. The van der Waals surface area contributed by atoms with E-state index in [2.05, 4.69) is 67.5 Å². The Labute approximate surface area is 385 Å². The Morgan fingerprint density at radius 2 is 1.71 bits per heavy atom. The maximum atomic E-state index is 14.1. The van der Waals surface area contributed by atoms with Gasteiger partial charge in [-0.3, -0.25) is 24.7 Å². The number of anilines is 2. The van der Waals surface area contributed by atoms with Crippen LogP contribution in [0.2, 0.25) is 0 Å². The molecule has 5 aliphatic heterocycles. The number of amides is 1. The fraction of sp³-hybridized carbons (Fsp3) is 0.480. The summed E-state index contributed by atoms with van der Waals surface area (Å²) in [4.78, 5) is 42.6. The molecule has 0 radical (unpaired) electrons. The second kappa shape index (κ2) is 16.6. The highest BCUT2D eigenvalue weighted by atomic mass is 32.2. The van der Waals surface area contributed by atoms with Crippen LogP contribution in [0.4, 0.5) is 17.1 Å². The van der Waals surface area contributed by atoms with Gasteiger partial charge in [0.15, 0.2) is 0 Å². The molecular weight excluding hydrogens is 857 g/mol. The molecule has 15 nitrogen and oxygen atoms in total. The Morgan fingerprint density at radius 1 is 0.924 bits per heavy atom. The number of likely N-dealkylation sites (tertiary alicyclic amines) is 2. The molecule has 11 rings (SSSR count). The smallest absolute Gasteiger partial charge is 0.293 e. The Balaban J connectivity index is 0.786. The number of ether oxygens (including phenoxy) is 2. The average Bonchev–Trinajstić information content (AvgIpc) is 4.05. The number of hydrogen-bond acceptors (Lipinski definition) is 12. The molecule has 1 aliphatic carbocycles. The predicted molar refractivity (Wildman–Crippen MR) is 252 cm³/mol. The summed E-state index contributed by atoms with van der Waals surface area (Å²) in [6.07, 6.45) is 11.3. The third kappa shape index (κ3) is 7.88. The minimum atomic E-state index is -4.54. The van der Waals surface area contributed by atoms with Crippen molar-refractivity contribution in [2.75, 3.05) is 68.8 Å². The van der Waals surface area contributed by atoms with E-state index < -0.39 is 20.9 Å². The standard InChI is InChI=1S/C50H58N8O7S/c1-33(2)40-6-3-4-7-41(40)43-8-5-18-57(43)36-25-49(26-36)14-19-54(20-15-49)35-9-11-42(46(23-35)65-38-22-34-13-17-51-47(34)52-27-38)48(59)53-66(62,63)39-10-12-44(45(24-39)58(60)61)56-31-50(32-56)16-21-55(30-50)37-28-64-29-37/h3-4,6-7,9-13,17,22-24,27,33,36-37,43H,5,8,14-16,18-21,25-26,28-32H2,1-2H3,(H,51,52)(H,53,59). The lowest BCUT2D eigenvalue weighted by Gasteiger charge is -2.56. The number of nitro groups is 1. The van der Waals surface area contributed by atoms with Crippen molar-refractivity contribution in [2.45, 2.75) is 87.7 Å². The van der Waals surface area contributed by atoms with Gasteiger partial charge in [0.05, 0.1) is 40.8 Å². The van der Waals surface area contributed by atoms with E-state index in [1.165, 1.54) is 48.9 Å². The van der Waals surface area contributed by atoms with Crippen LogP contribution < -0.4 is 19.3 Å². The number of rotatable bonds is 12. The van der Waals surface area contributed by atoms with Gasteiger partial charge < -0.3 is 24.3 Å². The number of pyridine rings is 1. The highest BCUT2D eigenvalue weighted by Gasteiger charge is 2.52. The Kier molecular flexibility index (Phi) is 10.9. The monoisotopic (exact) mass is 914 g/mol. The van der Waals surface area contributed by atoms with Gasteiger partial charge in [-0.15, -0.1) is 0 Å². The Bertz CT molecular complexity index is 2790. The van der Waals surface area contributed by atoms with Gasteiger partial charge in [0, 0.05) is 79.6 Å². The number of nitro benzene ring substituents is 1. The molecule has 1 amide bonds. The largest absolute Gasteiger partial charge is 0.455 e. The quantitative estimate of drug-likeness (QED) is 0.0917. The van der Waals surface area contributed by atoms with E-state index in [4.69, 9.17) is 9.47 Å². The number of hydrogen-bond donors (Lipinski definition) is 2. The Morgan fingerprint density at radius 3 is 2.47 bits per heavy atom. The molecule has 2 spiro atoms. The summed E-state index contributed by atoms with van der Waals surface area (Å²) in [5.41, 5.74) is 4.93. The molecule has 2 N–H and O–H groups in total. The van der Waals surface area contributed by atoms with Gasteiger partial charge in [0.1, 0.15) is 22.8 Å². The maximum absolute atomic E-state index is 14.1. The molecule has 1 saturated carbocycles. The zero-order valence-electron chi connectivity index (χ0n) is 37.7. The van der Waals surface area contributed by atoms with E-state index in [0.29, 0.717) is 59.6 Å². The van der Waals surface area contributed by atoms with Crippen LogP contribution in [-0.4, -0.2) is 110 Å². The van der Waals surface area contributed by atoms with Crippen LogP contribution in [0.3, 0.4) is 0 Å². The second-order valence-electron chi connectivity index (χ2n) is 20.2. The van der Waals surface area contributed by atoms with Crippen LogP contribution in [0, 0.1) is 20.9 Å². The van der Waals surface area contributed by atoms with Crippen LogP contribution in [0.1, 0.15) is 92.2 Å². The molecule has 16 heteroatoms. The van der Waals surface area contributed by atoms with Gasteiger partial charge in [-0.05, 0) is 117 Å². The van der Waals surface area contributed by atoms with Crippen molar-refractivity contribution in [1.29, 1.82) is 0 Å². The molecule has 5 saturated heterocycles. The minimum absolute atomic E-state index is 0.00193. The van der Waals surface area contributed by atoms with E-state index in [1.54, 1.807) is 30.6 Å². The molecule has 6 aliphatic rings. The first-order valence-corrected chi connectivity index (χ1v) is 25.1. The summed E-state index contributed by atoms with van der Waals surface area (Å²) in [5.74, 6) is 0.135. The highest BCUT2D eigenvalue weighted by Crippen LogP contribution is 2.54. The number of H-pyrrole nitrogens is 1. The third-order valence-corrected chi connectivity index (χ3v) is 17.1. The maximum Gasteiger partial charge on any atom is 0.293 e. The summed E-state index contributed by atoms with van der Waals surface area (Å²) in [7, 11) is -4.54. The third-order valence-electron chi connectivity index (χ3n) is 15.8. The number of piperidine rings is 1. The summed E-state index contributed by atoms with van der Waals surface area (Å²) >= 11 is 0. The molecular formula is C50H58N8O7S. The zero-order chi connectivity index (χ0) is 45.4. The number of nitrogens with one attached hydrogen (secondary N) is 2. The molecule has 2 aromatic heterocycles. The molecule has 1 unspecified atom stereocenters. The van der Waals surface area contributed by atoms with Gasteiger partial charge in [-0.25, -0.2) is 18.1 Å². The topological polar surface area (TPSA) is 166 Å². The summed E-state index contributed by atoms with van der Waals surface area (Å²) in [5, 5.41) is 13.2. The predicted octanol–water partition coefficient (Wildman–Crippen LogP) is 8.00. The lowest BCUT2D eigenvalue weighted by molar-refractivity contribution is -0.384. The molecule has 66 heavy (non-hydrogen) atoms. The van der Waals surface area contributed by atoms with Crippen LogP contribution in [0.25, 0.3) is 11.0 Å². The van der Waals surface area contributed by atoms with E-state index in [9.17, 15) is 23.3 Å². The molecule has 0 bridgehead atoms. The van der Waals surface area contributed by atoms with Gasteiger partial charge in [-0.1, -0.05) is 38.1 Å². The number of carbonyl (C=O) groups is 1. The normalized spacial score (nSPS) is 22.2. The molecule has 346 valence electrons. The molecule has 7 heterocycles. The first kappa shape index (κ1) is 43.0. The van der Waals surface area contributed by atoms with Crippen molar-refractivity contribution < 1.29 is 27.6 Å². The SMILES string of the molecule is CC(C)c1ccccc1C1CCCN1C1CC2(CCN(c3ccc(C(=O)NS(=O)(=O)c4ccc(N5CC6(CCN(C7COC7)C6)C5)c([N+](=O)[O-])c4)c(Oc4cnc5[nH]ccc5c4)c3)CC2)C1. The molecule has 6 fully saturated rings. The second-order valence-corrected chi connectivity index (χ2v) is 21.9. The van der Waals surface area contributed by atoms with E-state index >= 15 is 0 Å². The van der Waals surface area contributed by atoms with Crippen molar-refractivity contribution in [1.82, 2.24) is 24.5 Å².